The van der Waals surface area contributed by atoms with Gasteiger partial charge in [-0.2, -0.15) is 0 Å². The molecular formula is C15H20F3N3O4S. The van der Waals surface area contributed by atoms with E-state index in [1.807, 2.05) is 0 Å². The van der Waals surface area contributed by atoms with Crippen molar-refractivity contribution in [2.24, 2.45) is 0 Å². The minimum absolute atomic E-state index is 0.0482. The fourth-order valence-corrected chi connectivity index (χ4v) is 3.56. The minimum atomic E-state index is -4.86. The second-order valence-electron chi connectivity index (χ2n) is 5.83. The summed E-state index contributed by atoms with van der Waals surface area (Å²) in [6, 6.07) is 3.79. The van der Waals surface area contributed by atoms with Crippen molar-refractivity contribution in [2.45, 2.75) is 30.1 Å². The molecule has 0 bridgehead atoms. The van der Waals surface area contributed by atoms with Gasteiger partial charge in [0, 0.05) is 13.1 Å². The minimum Gasteiger partial charge on any atom is -0.406 e. The van der Waals surface area contributed by atoms with Gasteiger partial charge in [0.25, 0.3) is 0 Å². The zero-order valence-corrected chi connectivity index (χ0v) is 14.9. The van der Waals surface area contributed by atoms with Crippen LogP contribution in [-0.2, 0) is 14.8 Å². The molecular weight excluding hydrogens is 375 g/mol. The molecule has 1 fully saturated rings. The van der Waals surface area contributed by atoms with Crippen molar-refractivity contribution in [3.05, 3.63) is 24.3 Å². The van der Waals surface area contributed by atoms with Gasteiger partial charge in [-0.3, -0.25) is 4.79 Å². The van der Waals surface area contributed by atoms with Gasteiger partial charge in [-0.1, -0.05) is 0 Å². The number of amides is 1. The number of piperidine rings is 1. The fraction of sp³-hybridized carbons (Fsp3) is 0.533. The molecule has 0 radical (unpaired) electrons. The molecule has 11 heteroatoms. The van der Waals surface area contributed by atoms with E-state index in [9.17, 15) is 26.4 Å². The third-order valence-corrected chi connectivity index (χ3v) is 5.45. The number of likely N-dealkylation sites (N-methyl/N-ethyl adjacent to an activating group) is 1. The van der Waals surface area contributed by atoms with Gasteiger partial charge < -0.3 is 15.0 Å². The zero-order chi connectivity index (χ0) is 19.4. The average Bonchev–Trinajstić information content (AvgIpc) is 2.59. The van der Waals surface area contributed by atoms with Crippen LogP contribution in [0.1, 0.15) is 12.8 Å². The first kappa shape index (κ1) is 20.5. The highest BCUT2D eigenvalue weighted by atomic mass is 32.2. The molecule has 26 heavy (non-hydrogen) atoms. The lowest BCUT2D eigenvalue weighted by atomic mass is 10.1. The van der Waals surface area contributed by atoms with E-state index in [4.69, 9.17) is 0 Å². The first-order valence-electron chi connectivity index (χ1n) is 7.90. The highest BCUT2D eigenvalue weighted by Gasteiger charge is 2.31. The van der Waals surface area contributed by atoms with Crippen LogP contribution in [0, 0.1) is 0 Å². The second-order valence-corrected chi connectivity index (χ2v) is 7.60. The zero-order valence-electron chi connectivity index (χ0n) is 14.0. The highest BCUT2D eigenvalue weighted by Crippen LogP contribution is 2.23. The topological polar surface area (TPSA) is 87.7 Å². The number of benzene rings is 1. The van der Waals surface area contributed by atoms with Gasteiger partial charge in [0.05, 0.1) is 11.4 Å². The molecule has 0 atom stereocenters. The maximum atomic E-state index is 12.2. The van der Waals surface area contributed by atoms with Crippen molar-refractivity contribution in [1.29, 1.82) is 0 Å². The maximum Gasteiger partial charge on any atom is 0.573 e. The molecule has 146 valence electrons. The van der Waals surface area contributed by atoms with Crippen LogP contribution < -0.4 is 14.8 Å². The van der Waals surface area contributed by atoms with Crippen LogP contribution in [-0.4, -0.2) is 58.3 Å². The van der Waals surface area contributed by atoms with Crippen LogP contribution in [0.4, 0.5) is 13.2 Å². The van der Waals surface area contributed by atoms with E-state index in [1.165, 1.54) is 4.90 Å². The van der Waals surface area contributed by atoms with E-state index in [-0.39, 0.29) is 16.8 Å². The summed E-state index contributed by atoms with van der Waals surface area (Å²) in [6.07, 6.45) is -3.28. The quantitative estimate of drug-likeness (QED) is 0.753. The van der Waals surface area contributed by atoms with Crippen molar-refractivity contribution in [3.8, 4) is 5.75 Å². The Morgan fingerprint density at radius 1 is 1.27 bits per heavy atom. The smallest absolute Gasteiger partial charge is 0.406 e. The summed E-state index contributed by atoms with van der Waals surface area (Å²) in [5.41, 5.74) is 0. The second kappa shape index (κ2) is 8.23. The molecule has 0 saturated carbocycles. The van der Waals surface area contributed by atoms with Gasteiger partial charge in [0.15, 0.2) is 0 Å². The van der Waals surface area contributed by atoms with E-state index < -0.39 is 28.7 Å². The van der Waals surface area contributed by atoms with Gasteiger partial charge in [-0.25, -0.2) is 13.1 Å². The lowest BCUT2D eigenvalue weighted by molar-refractivity contribution is -0.274. The van der Waals surface area contributed by atoms with Gasteiger partial charge >= 0.3 is 6.36 Å². The Balaban J connectivity index is 1.94. The number of nitrogens with zero attached hydrogens (tertiary/aromatic N) is 1. The predicted molar refractivity (Wildman–Crippen MR) is 87.0 cm³/mol. The van der Waals surface area contributed by atoms with E-state index in [1.54, 1.807) is 7.05 Å². The molecule has 1 saturated heterocycles. The molecule has 1 heterocycles. The summed E-state index contributed by atoms with van der Waals surface area (Å²) in [6.45, 7) is 1.16. The third-order valence-electron chi connectivity index (χ3n) is 4.03. The van der Waals surface area contributed by atoms with E-state index >= 15 is 0 Å². The first-order valence-corrected chi connectivity index (χ1v) is 9.39. The number of sulfonamides is 1. The monoisotopic (exact) mass is 395 g/mol. The van der Waals surface area contributed by atoms with Crippen molar-refractivity contribution in [1.82, 2.24) is 14.9 Å². The summed E-state index contributed by atoms with van der Waals surface area (Å²) in [4.78, 5) is 13.4. The number of carbonyl (C=O) groups is 1. The van der Waals surface area contributed by atoms with Crippen LogP contribution in [0.15, 0.2) is 29.2 Å². The molecule has 1 aliphatic heterocycles. The lowest BCUT2D eigenvalue weighted by Crippen LogP contribution is -2.47. The van der Waals surface area contributed by atoms with Crippen LogP contribution in [0.25, 0.3) is 0 Å². The van der Waals surface area contributed by atoms with Crippen molar-refractivity contribution in [3.63, 3.8) is 0 Å². The summed E-state index contributed by atoms with van der Waals surface area (Å²) < 4.78 is 66.6. The van der Waals surface area contributed by atoms with Gasteiger partial charge in [0.2, 0.25) is 15.9 Å². The standard InChI is InChI=1S/C15H20F3N3O4S/c1-21(11-6-8-19-9-7-11)14(22)10-20-26(23,24)13-4-2-12(3-5-13)25-15(16,17)18/h2-5,11,19-20H,6-10H2,1H3. The summed E-state index contributed by atoms with van der Waals surface area (Å²) in [5, 5.41) is 3.17. The Morgan fingerprint density at radius 2 is 1.85 bits per heavy atom. The van der Waals surface area contributed by atoms with Crippen molar-refractivity contribution in [2.75, 3.05) is 26.7 Å². The number of ether oxygens (including phenoxy) is 1. The Morgan fingerprint density at radius 3 is 2.38 bits per heavy atom. The molecule has 0 aromatic heterocycles. The molecule has 0 spiro atoms. The van der Waals surface area contributed by atoms with Crippen LogP contribution in [0.2, 0.25) is 0 Å². The molecule has 1 aromatic carbocycles. The molecule has 7 nitrogen and oxygen atoms in total. The Hall–Kier alpha value is -1.85. The van der Waals surface area contributed by atoms with E-state index in [0.29, 0.717) is 0 Å². The molecule has 2 N–H and O–H groups in total. The van der Waals surface area contributed by atoms with Gasteiger partial charge in [-0.15, -0.1) is 13.2 Å². The first-order chi connectivity index (χ1) is 12.1. The molecule has 1 aliphatic rings. The number of carbonyl (C=O) groups excluding carboxylic acids is 1. The summed E-state index contributed by atoms with van der Waals surface area (Å²) in [5.74, 6) is -0.907. The van der Waals surface area contributed by atoms with Crippen LogP contribution in [0.5, 0.6) is 5.75 Å². The van der Waals surface area contributed by atoms with Crippen molar-refractivity contribution >= 4 is 15.9 Å². The number of nitrogens with one attached hydrogen (secondary N) is 2. The Kier molecular flexibility index (Phi) is 6.48. The number of rotatable bonds is 6. The van der Waals surface area contributed by atoms with Gasteiger partial charge in [-0.05, 0) is 50.2 Å². The number of halogens is 3. The normalized spacial score (nSPS) is 16.3. The Labute approximate surface area is 149 Å². The average molecular weight is 395 g/mol. The van der Waals surface area contributed by atoms with Crippen molar-refractivity contribution < 1.29 is 31.1 Å². The molecule has 1 amide bonds. The summed E-state index contributed by atoms with van der Waals surface area (Å²) >= 11 is 0. The fourth-order valence-electron chi connectivity index (χ4n) is 2.58. The highest BCUT2D eigenvalue weighted by molar-refractivity contribution is 7.89. The maximum absolute atomic E-state index is 12.2. The van der Waals surface area contributed by atoms with Crippen LogP contribution >= 0.6 is 0 Å². The molecule has 2 rings (SSSR count). The number of alkyl halides is 3. The summed E-state index contributed by atoms with van der Waals surface area (Å²) in [7, 11) is -2.41. The van der Waals surface area contributed by atoms with Crippen LogP contribution in [0.3, 0.4) is 0 Å². The number of hydrogen-bond acceptors (Lipinski definition) is 5. The largest absolute Gasteiger partial charge is 0.573 e. The predicted octanol–water partition coefficient (Wildman–Crippen LogP) is 1.07. The lowest BCUT2D eigenvalue weighted by Gasteiger charge is -2.31. The van der Waals surface area contributed by atoms with E-state index in [0.717, 1.165) is 50.2 Å². The third kappa shape index (κ3) is 5.85. The van der Waals surface area contributed by atoms with Gasteiger partial charge in [0.1, 0.15) is 5.75 Å². The molecule has 0 aliphatic carbocycles. The number of hydrogen-bond donors (Lipinski definition) is 2. The van der Waals surface area contributed by atoms with E-state index in [2.05, 4.69) is 14.8 Å². The Bertz CT molecular complexity index is 717. The SMILES string of the molecule is CN(C(=O)CNS(=O)(=O)c1ccc(OC(F)(F)F)cc1)C1CCNCC1. The molecule has 1 aromatic rings. The molecule has 0 unspecified atom stereocenters.